The van der Waals surface area contributed by atoms with E-state index in [1.54, 1.807) is 0 Å². The molecule has 134 valence electrons. The normalized spacial score (nSPS) is 18.9. The van der Waals surface area contributed by atoms with Gasteiger partial charge in [-0.3, -0.25) is 9.69 Å². The van der Waals surface area contributed by atoms with Crippen molar-refractivity contribution in [1.29, 1.82) is 0 Å². The third-order valence-electron chi connectivity index (χ3n) is 4.16. The van der Waals surface area contributed by atoms with Crippen molar-refractivity contribution in [3.8, 4) is 0 Å². The fourth-order valence-electron chi connectivity index (χ4n) is 2.95. The summed E-state index contributed by atoms with van der Waals surface area (Å²) in [6, 6.07) is 10.3. The summed E-state index contributed by atoms with van der Waals surface area (Å²) in [6.45, 7) is 8.18. The van der Waals surface area contributed by atoms with E-state index in [0.29, 0.717) is 24.9 Å². The van der Waals surface area contributed by atoms with Crippen molar-refractivity contribution in [2.24, 2.45) is 0 Å². The second-order valence-electron chi connectivity index (χ2n) is 6.84. The van der Waals surface area contributed by atoms with Gasteiger partial charge in [0.1, 0.15) is 6.10 Å². The number of nitrogens with one attached hydrogen (secondary N) is 1. The van der Waals surface area contributed by atoms with Crippen LogP contribution < -0.4 is 5.32 Å². The summed E-state index contributed by atoms with van der Waals surface area (Å²) >= 11 is 0. The average molecular weight is 344 g/mol. The maximum absolute atomic E-state index is 11.3. The number of rotatable bonds is 5. The fraction of sp³-hybridized carbons (Fsp3) is 0.500. The molecule has 1 atom stereocenters. The molecule has 2 aromatic rings. The topological polar surface area (TPSA) is 80.5 Å². The first-order chi connectivity index (χ1) is 11.9. The number of hydrogen-bond donors (Lipinski definition) is 1. The van der Waals surface area contributed by atoms with Crippen LogP contribution in [0.4, 0.5) is 0 Å². The van der Waals surface area contributed by atoms with E-state index < -0.39 is 5.54 Å². The zero-order valence-corrected chi connectivity index (χ0v) is 14.9. The molecule has 25 heavy (non-hydrogen) atoms. The van der Waals surface area contributed by atoms with Gasteiger partial charge in [0.25, 0.3) is 5.89 Å². The van der Waals surface area contributed by atoms with Crippen LogP contribution in [-0.2, 0) is 21.6 Å². The minimum atomic E-state index is -0.689. The maximum atomic E-state index is 11.3. The van der Waals surface area contributed by atoms with Gasteiger partial charge in [-0.25, -0.2) is 0 Å². The van der Waals surface area contributed by atoms with Gasteiger partial charge in [-0.15, -0.1) is 0 Å². The van der Waals surface area contributed by atoms with Gasteiger partial charge in [0.15, 0.2) is 5.82 Å². The highest BCUT2D eigenvalue weighted by atomic mass is 16.5. The Morgan fingerprint density at radius 3 is 2.84 bits per heavy atom. The third kappa shape index (κ3) is 4.43. The molecule has 0 saturated carbocycles. The molecule has 1 fully saturated rings. The van der Waals surface area contributed by atoms with Gasteiger partial charge >= 0.3 is 0 Å². The molecule has 1 aromatic heterocycles. The number of nitrogens with zero attached hydrogens (tertiary/aromatic N) is 3. The number of morpholine rings is 1. The van der Waals surface area contributed by atoms with E-state index in [2.05, 4.69) is 32.5 Å². The molecule has 1 amide bonds. The third-order valence-corrected chi connectivity index (χ3v) is 4.16. The molecule has 0 unspecified atom stereocenters. The molecule has 7 heteroatoms. The summed E-state index contributed by atoms with van der Waals surface area (Å²) in [5, 5.41) is 6.84. The first kappa shape index (κ1) is 17.6. The lowest BCUT2D eigenvalue weighted by Gasteiger charge is -2.31. The van der Waals surface area contributed by atoms with Crippen LogP contribution in [-0.4, -0.2) is 40.6 Å². The Morgan fingerprint density at radius 2 is 2.12 bits per heavy atom. The Labute approximate surface area is 147 Å². The molecule has 3 rings (SSSR count). The van der Waals surface area contributed by atoms with E-state index in [-0.39, 0.29) is 12.0 Å². The first-order valence-electron chi connectivity index (χ1n) is 8.45. The van der Waals surface area contributed by atoms with Gasteiger partial charge in [-0.1, -0.05) is 35.5 Å². The van der Waals surface area contributed by atoms with Gasteiger partial charge in [-0.2, -0.15) is 4.98 Å². The minimum absolute atomic E-state index is 0.140. The van der Waals surface area contributed by atoms with Crippen LogP contribution in [0.15, 0.2) is 34.9 Å². The lowest BCUT2D eigenvalue weighted by molar-refractivity contribution is -0.120. The zero-order valence-electron chi connectivity index (χ0n) is 14.9. The smallest absolute Gasteiger partial charge is 0.257 e. The Morgan fingerprint density at radius 1 is 1.36 bits per heavy atom. The van der Waals surface area contributed by atoms with Gasteiger partial charge in [0, 0.05) is 26.6 Å². The van der Waals surface area contributed by atoms with E-state index in [1.807, 2.05) is 32.0 Å². The SMILES string of the molecule is CC(=O)NC(C)(C)c1noc([C@@H]2CN(Cc3ccccc3)CCO2)n1. The number of carbonyl (C=O) groups is 1. The lowest BCUT2D eigenvalue weighted by Crippen LogP contribution is -2.40. The van der Waals surface area contributed by atoms with Crippen LogP contribution in [0.3, 0.4) is 0 Å². The molecular weight excluding hydrogens is 320 g/mol. The second kappa shape index (κ2) is 7.33. The van der Waals surface area contributed by atoms with Crippen molar-refractivity contribution in [1.82, 2.24) is 20.4 Å². The van der Waals surface area contributed by atoms with Gasteiger partial charge < -0.3 is 14.6 Å². The van der Waals surface area contributed by atoms with Gasteiger partial charge in [0.2, 0.25) is 5.91 Å². The predicted molar refractivity (Wildman–Crippen MR) is 91.6 cm³/mol. The average Bonchev–Trinajstić information content (AvgIpc) is 3.06. The minimum Gasteiger partial charge on any atom is -0.366 e. The van der Waals surface area contributed by atoms with Crippen LogP contribution in [0, 0.1) is 0 Å². The highest BCUT2D eigenvalue weighted by Crippen LogP contribution is 2.24. The van der Waals surface area contributed by atoms with E-state index in [4.69, 9.17) is 9.26 Å². The summed E-state index contributed by atoms with van der Waals surface area (Å²) in [7, 11) is 0. The molecule has 1 aliphatic rings. The second-order valence-corrected chi connectivity index (χ2v) is 6.84. The number of hydrogen-bond acceptors (Lipinski definition) is 6. The van der Waals surface area contributed by atoms with Crippen LogP contribution in [0.25, 0.3) is 0 Å². The van der Waals surface area contributed by atoms with Crippen molar-refractivity contribution in [2.75, 3.05) is 19.7 Å². The number of amides is 1. The monoisotopic (exact) mass is 344 g/mol. The van der Waals surface area contributed by atoms with Crippen molar-refractivity contribution < 1.29 is 14.1 Å². The van der Waals surface area contributed by atoms with E-state index in [0.717, 1.165) is 13.1 Å². The van der Waals surface area contributed by atoms with E-state index in [1.165, 1.54) is 12.5 Å². The number of aromatic nitrogens is 2. The molecule has 1 N–H and O–H groups in total. The molecule has 2 heterocycles. The van der Waals surface area contributed by atoms with Crippen molar-refractivity contribution >= 4 is 5.91 Å². The van der Waals surface area contributed by atoms with Crippen molar-refractivity contribution in [3.63, 3.8) is 0 Å². The standard InChI is InChI=1S/C18H24N4O3/c1-13(23)20-18(2,3)17-19-16(25-21-17)15-12-22(9-10-24-15)11-14-7-5-4-6-8-14/h4-8,15H,9-12H2,1-3H3,(H,20,23)/t15-/m0/s1. The van der Waals surface area contributed by atoms with Gasteiger partial charge in [0.05, 0.1) is 12.1 Å². The molecule has 7 nitrogen and oxygen atoms in total. The zero-order chi connectivity index (χ0) is 17.9. The molecule has 1 aromatic carbocycles. The molecule has 0 aliphatic carbocycles. The molecule has 0 radical (unpaired) electrons. The maximum Gasteiger partial charge on any atom is 0.257 e. The largest absolute Gasteiger partial charge is 0.366 e. The van der Waals surface area contributed by atoms with Crippen molar-refractivity contribution in [3.05, 3.63) is 47.6 Å². The number of ether oxygens (including phenoxy) is 1. The Bertz CT molecular complexity index is 714. The molecule has 0 spiro atoms. The Kier molecular flexibility index (Phi) is 5.15. The fourth-order valence-corrected chi connectivity index (χ4v) is 2.95. The first-order valence-corrected chi connectivity index (χ1v) is 8.45. The summed E-state index contributed by atoms with van der Waals surface area (Å²) in [5.41, 5.74) is 0.576. The molecule has 1 saturated heterocycles. The summed E-state index contributed by atoms with van der Waals surface area (Å²) < 4.78 is 11.2. The summed E-state index contributed by atoms with van der Waals surface area (Å²) in [4.78, 5) is 18.1. The quantitative estimate of drug-likeness (QED) is 0.894. The molecular formula is C18H24N4O3. The highest BCUT2D eigenvalue weighted by Gasteiger charge is 2.31. The highest BCUT2D eigenvalue weighted by molar-refractivity contribution is 5.73. The van der Waals surface area contributed by atoms with Crippen LogP contribution in [0.2, 0.25) is 0 Å². The Balaban J connectivity index is 1.67. The van der Waals surface area contributed by atoms with E-state index in [9.17, 15) is 4.79 Å². The van der Waals surface area contributed by atoms with Crippen molar-refractivity contribution in [2.45, 2.75) is 39.0 Å². The summed E-state index contributed by atoms with van der Waals surface area (Å²) in [5.74, 6) is 0.756. The predicted octanol–water partition coefficient (Wildman–Crippen LogP) is 2.01. The van der Waals surface area contributed by atoms with E-state index >= 15 is 0 Å². The number of benzene rings is 1. The molecule has 1 aliphatic heterocycles. The summed E-state index contributed by atoms with van der Waals surface area (Å²) in [6.07, 6.45) is -0.258. The Hall–Kier alpha value is -2.25. The van der Waals surface area contributed by atoms with Crippen LogP contribution in [0.1, 0.15) is 44.2 Å². The van der Waals surface area contributed by atoms with Crippen LogP contribution >= 0.6 is 0 Å². The molecule has 0 bridgehead atoms. The lowest BCUT2D eigenvalue weighted by atomic mass is 10.1. The number of carbonyl (C=O) groups excluding carboxylic acids is 1. The van der Waals surface area contributed by atoms with Gasteiger partial charge in [-0.05, 0) is 19.4 Å². The van der Waals surface area contributed by atoms with Crippen LogP contribution in [0.5, 0.6) is 0 Å².